The number of halogens is 1. The number of carbonyl (C=O) groups excluding carboxylic acids is 4. The fraction of sp³-hybridized carbons (Fsp3) is 0.270. The number of anilines is 1. The van der Waals surface area contributed by atoms with Gasteiger partial charge in [-0.15, -0.1) is 0 Å². The second-order valence-corrected chi connectivity index (χ2v) is 13.1. The van der Waals surface area contributed by atoms with Crippen LogP contribution in [0.15, 0.2) is 78.9 Å². The first kappa shape index (κ1) is 27.9. The van der Waals surface area contributed by atoms with Gasteiger partial charge in [-0.25, -0.2) is 9.78 Å². The number of ether oxygens (including phenoxy) is 1. The molecule has 2 amide bonds. The molecule has 6 unspecified atom stereocenters. The number of amides is 2. The van der Waals surface area contributed by atoms with Gasteiger partial charge in [0, 0.05) is 21.5 Å². The molecule has 2 saturated carbocycles. The lowest BCUT2D eigenvalue weighted by Gasteiger charge is -2.37. The van der Waals surface area contributed by atoms with Crippen LogP contribution in [0.5, 0.6) is 0 Å². The molecular formula is C37H29ClN2O5. The average Bonchev–Trinajstić information content (AvgIpc) is 3.84. The molecule has 4 aliphatic carbocycles. The number of aryl methyl sites for hydroxylation is 2. The second kappa shape index (κ2) is 10.2. The third-order valence-electron chi connectivity index (χ3n) is 10.2. The van der Waals surface area contributed by atoms with Crippen LogP contribution in [0, 0.1) is 49.4 Å². The van der Waals surface area contributed by atoms with Crippen molar-refractivity contribution < 1.29 is 23.9 Å². The highest BCUT2D eigenvalue weighted by molar-refractivity contribution is 6.32. The van der Waals surface area contributed by atoms with Gasteiger partial charge in [-0.2, -0.15) is 0 Å². The highest BCUT2D eigenvalue weighted by Gasteiger charge is 2.67. The van der Waals surface area contributed by atoms with E-state index >= 15 is 0 Å². The molecule has 9 rings (SSSR count). The van der Waals surface area contributed by atoms with E-state index < -0.39 is 12.6 Å². The Hall–Kier alpha value is -4.62. The zero-order valence-electron chi connectivity index (χ0n) is 24.7. The summed E-state index contributed by atoms with van der Waals surface area (Å²) in [5.41, 5.74) is 4.70. The first-order chi connectivity index (χ1) is 21.7. The summed E-state index contributed by atoms with van der Waals surface area (Å²) < 4.78 is 5.50. The number of allylic oxidation sites excluding steroid dienone is 2. The summed E-state index contributed by atoms with van der Waals surface area (Å²) in [6.07, 6.45) is 5.45. The third-order valence-corrected chi connectivity index (χ3v) is 10.6. The first-order valence-electron chi connectivity index (χ1n) is 15.2. The van der Waals surface area contributed by atoms with Gasteiger partial charge in [0.25, 0.3) is 0 Å². The number of pyridine rings is 1. The van der Waals surface area contributed by atoms with E-state index in [1.54, 1.807) is 54.6 Å². The number of nitrogens with zero attached hydrogens (tertiary/aromatic N) is 2. The second-order valence-electron chi connectivity index (χ2n) is 12.7. The number of carbonyl (C=O) groups is 4. The van der Waals surface area contributed by atoms with Crippen molar-refractivity contribution in [2.24, 2.45) is 35.5 Å². The van der Waals surface area contributed by atoms with E-state index in [-0.39, 0.29) is 46.8 Å². The van der Waals surface area contributed by atoms with Gasteiger partial charge >= 0.3 is 5.97 Å². The number of fused-ring (bicyclic) bond motifs is 1. The van der Waals surface area contributed by atoms with Crippen molar-refractivity contribution in [2.75, 3.05) is 11.5 Å². The molecule has 5 aliphatic rings. The summed E-state index contributed by atoms with van der Waals surface area (Å²) in [5.74, 6) is -0.308. The quantitative estimate of drug-likeness (QED) is 0.103. The van der Waals surface area contributed by atoms with Crippen LogP contribution in [0.2, 0.25) is 5.02 Å². The van der Waals surface area contributed by atoms with Gasteiger partial charge in [0.05, 0.1) is 34.3 Å². The molecule has 3 fully saturated rings. The fourth-order valence-electron chi connectivity index (χ4n) is 7.75. The molecule has 0 N–H and O–H groups in total. The van der Waals surface area contributed by atoms with E-state index in [9.17, 15) is 19.2 Å². The van der Waals surface area contributed by atoms with Crippen LogP contribution in [0.1, 0.15) is 38.3 Å². The van der Waals surface area contributed by atoms with Gasteiger partial charge in [-0.05, 0) is 73.8 Å². The van der Waals surface area contributed by atoms with Gasteiger partial charge in [0.2, 0.25) is 11.8 Å². The number of hydrogen-bond acceptors (Lipinski definition) is 6. The molecule has 1 aromatic heterocycles. The van der Waals surface area contributed by atoms with Crippen molar-refractivity contribution in [3.63, 3.8) is 0 Å². The predicted molar refractivity (Wildman–Crippen MR) is 170 cm³/mol. The third kappa shape index (κ3) is 4.36. The Bertz CT molecular complexity index is 1950. The summed E-state index contributed by atoms with van der Waals surface area (Å²) in [5, 5.41) is 1.06. The maximum absolute atomic E-state index is 13.6. The number of imide groups is 1. The van der Waals surface area contributed by atoms with Crippen molar-refractivity contribution in [1.82, 2.24) is 4.98 Å². The van der Waals surface area contributed by atoms with Crippen LogP contribution in [0.25, 0.3) is 22.2 Å². The first-order valence-corrected chi connectivity index (χ1v) is 15.6. The smallest absolute Gasteiger partial charge is 0.339 e. The number of esters is 1. The van der Waals surface area contributed by atoms with Crippen LogP contribution in [0.4, 0.5) is 5.69 Å². The highest BCUT2D eigenvalue weighted by Crippen LogP contribution is 2.65. The van der Waals surface area contributed by atoms with Crippen molar-refractivity contribution in [3.05, 3.63) is 106 Å². The Morgan fingerprint density at radius 3 is 2.18 bits per heavy atom. The lowest BCUT2D eigenvalue weighted by Crippen LogP contribution is -2.40. The molecule has 8 heteroatoms. The van der Waals surface area contributed by atoms with Gasteiger partial charge in [-0.1, -0.05) is 71.8 Å². The van der Waals surface area contributed by atoms with Crippen molar-refractivity contribution in [3.8, 4) is 11.3 Å². The minimum absolute atomic E-state index is 0.109. The molecule has 2 heterocycles. The summed E-state index contributed by atoms with van der Waals surface area (Å²) in [4.78, 5) is 59.5. The summed E-state index contributed by atoms with van der Waals surface area (Å²) >= 11 is 6.43. The van der Waals surface area contributed by atoms with E-state index in [1.807, 2.05) is 26.0 Å². The van der Waals surface area contributed by atoms with E-state index in [0.717, 1.165) is 12.0 Å². The van der Waals surface area contributed by atoms with Crippen LogP contribution >= 0.6 is 11.6 Å². The summed E-state index contributed by atoms with van der Waals surface area (Å²) in [7, 11) is 0. The molecule has 0 spiro atoms. The van der Waals surface area contributed by atoms with Crippen molar-refractivity contribution in [2.45, 2.75) is 20.3 Å². The normalized spacial score (nSPS) is 25.8. The van der Waals surface area contributed by atoms with Crippen molar-refractivity contribution >= 4 is 51.8 Å². The Morgan fingerprint density at radius 2 is 1.53 bits per heavy atom. The zero-order valence-corrected chi connectivity index (χ0v) is 25.5. The summed E-state index contributed by atoms with van der Waals surface area (Å²) in [6, 6.07) is 19.3. The molecular weight excluding hydrogens is 588 g/mol. The largest absolute Gasteiger partial charge is 0.454 e. The van der Waals surface area contributed by atoms with Gasteiger partial charge < -0.3 is 4.74 Å². The molecule has 6 atom stereocenters. The lowest BCUT2D eigenvalue weighted by atomic mass is 9.63. The minimum Gasteiger partial charge on any atom is -0.454 e. The van der Waals surface area contributed by atoms with E-state index in [2.05, 4.69) is 12.2 Å². The van der Waals surface area contributed by atoms with Crippen LogP contribution in [-0.4, -0.2) is 35.2 Å². The van der Waals surface area contributed by atoms with Gasteiger partial charge in [0.1, 0.15) is 0 Å². The maximum Gasteiger partial charge on any atom is 0.339 e. The minimum atomic E-state index is -0.653. The zero-order chi connectivity index (χ0) is 31.1. The number of ketones is 1. The Labute approximate surface area is 264 Å². The number of Topliss-reactive ketones (excluding diaryl/α,β-unsaturated/α-hetero) is 1. The van der Waals surface area contributed by atoms with E-state index in [0.29, 0.717) is 55.8 Å². The van der Waals surface area contributed by atoms with Crippen LogP contribution in [-0.2, 0) is 14.3 Å². The molecule has 3 aromatic carbocycles. The summed E-state index contributed by atoms with van der Waals surface area (Å²) in [6.45, 7) is 3.36. The van der Waals surface area contributed by atoms with E-state index in [1.165, 1.54) is 4.90 Å². The topological polar surface area (TPSA) is 93.6 Å². The molecule has 224 valence electrons. The van der Waals surface area contributed by atoms with Crippen molar-refractivity contribution in [1.29, 1.82) is 0 Å². The standard InChI is InChI=1S/C37H29ClN2O5/c1-18-3-5-21(6-4-18)31(41)17-45-37(44)28-16-30(39-34-19(2)29(38)14-13-25(28)34)20-7-9-22(10-8-20)40-35(42)32-23-11-12-24(27-15-26(23)27)33(32)36(40)43/h3-14,16,23-24,26-27,32-33H,15,17H2,1-2H3. The molecule has 7 nitrogen and oxygen atoms in total. The SMILES string of the molecule is Cc1ccc(C(=O)COC(=O)c2cc(-c3ccc(N4C(=O)C5C6C=CC(C7CC67)C5C4=O)cc3)nc3c(C)c(Cl)ccc23)cc1. The molecule has 1 aliphatic heterocycles. The molecule has 2 bridgehead atoms. The molecule has 4 aromatic rings. The molecule has 0 radical (unpaired) electrons. The van der Waals surface area contributed by atoms with Crippen LogP contribution < -0.4 is 4.90 Å². The van der Waals surface area contributed by atoms with E-state index in [4.69, 9.17) is 21.3 Å². The van der Waals surface area contributed by atoms with Gasteiger partial charge in [0.15, 0.2) is 12.4 Å². The average molecular weight is 617 g/mol. The Morgan fingerprint density at radius 1 is 0.889 bits per heavy atom. The molecule has 1 saturated heterocycles. The molecule has 45 heavy (non-hydrogen) atoms. The van der Waals surface area contributed by atoms with Crippen LogP contribution in [0.3, 0.4) is 0 Å². The number of aromatic nitrogens is 1. The Balaban J connectivity index is 1.09. The Kier molecular flexibility index (Phi) is 6.33. The highest BCUT2D eigenvalue weighted by atomic mass is 35.5. The lowest BCUT2D eigenvalue weighted by molar-refractivity contribution is -0.124. The van der Waals surface area contributed by atoms with Gasteiger partial charge in [-0.3, -0.25) is 19.3 Å². The fourth-order valence-corrected chi connectivity index (χ4v) is 7.90. The monoisotopic (exact) mass is 616 g/mol. The predicted octanol–water partition coefficient (Wildman–Crippen LogP) is 6.77. The number of hydrogen-bond donors (Lipinski definition) is 0. The number of rotatable bonds is 6. The maximum atomic E-state index is 13.6. The number of benzene rings is 3.